The summed E-state index contributed by atoms with van der Waals surface area (Å²) in [6, 6.07) is 0. The largest absolute Gasteiger partial charge is 0.459 e. The smallest absolute Gasteiger partial charge is 0.242 e. The van der Waals surface area contributed by atoms with Crippen LogP contribution in [-0.2, 0) is 9.47 Å². The summed E-state index contributed by atoms with van der Waals surface area (Å²) in [6.45, 7) is 1.89. The molecular formula is C5H7O2. The highest BCUT2D eigenvalue weighted by atomic mass is 16.7. The van der Waals surface area contributed by atoms with Crippen molar-refractivity contribution in [2.75, 3.05) is 0 Å². The average Bonchev–Trinajstić information content (AvgIpc) is 2.14. The molecule has 1 rings (SSSR count). The topological polar surface area (TPSA) is 18.5 Å². The van der Waals surface area contributed by atoms with Gasteiger partial charge in [0.15, 0.2) is 0 Å². The van der Waals surface area contributed by atoms with Crippen LogP contribution in [0.4, 0.5) is 0 Å². The minimum absolute atomic E-state index is 0.139. The van der Waals surface area contributed by atoms with Crippen molar-refractivity contribution in [3.05, 3.63) is 18.9 Å². The average molecular weight is 99.1 g/mol. The van der Waals surface area contributed by atoms with E-state index in [4.69, 9.17) is 9.47 Å². The first-order valence-corrected chi connectivity index (χ1v) is 2.19. The highest BCUT2D eigenvalue weighted by Crippen LogP contribution is 2.05. The van der Waals surface area contributed by atoms with Crippen LogP contribution in [0.1, 0.15) is 6.92 Å². The molecule has 0 aromatic carbocycles. The third-order valence-electron chi connectivity index (χ3n) is 0.753. The van der Waals surface area contributed by atoms with E-state index in [-0.39, 0.29) is 6.29 Å². The van der Waals surface area contributed by atoms with E-state index in [1.165, 1.54) is 12.5 Å². The second-order valence-electron chi connectivity index (χ2n) is 1.25. The van der Waals surface area contributed by atoms with Crippen molar-refractivity contribution in [2.45, 2.75) is 13.2 Å². The summed E-state index contributed by atoms with van der Waals surface area (Å²) in [4.78, 5) is 0. The maximum Gasteiger partial charge on any atom is 0.242 e. The van der Waals surface area contributed by atoms with Crippen LogP contribution < -0.4 is 0 Å². The van der Waals surface area contributed by atoms with Gasteiger partial charge in [0.05, 0.1) is 0 Å². The predicted octanol–water partition coefficient (Wildman–Crippen LogP) is 1.05. The molecule has 39 valence electrons. The van der Waals surface area contributed by atoms with Gasteiger partial charge in [-0.25, -0.2) is 0 Å². The maximum atomic E-state index is 4.84. The van der Waals surface area contributed by atoms with Crippen molar-refractivity contribution in [3.63, 3.8) is 0 Å². The van der Waals surface area contributed by atoms with Crippen LogP contribution in [0.3, 0.4) is 0 Å². The summed E-state index contributed by atoms with van der Waals surface area (Å²) < 4.78 is 9.69. The number of rotatable bonds is 1. The molecule has 0 N–H and O–H groups in total. The van der Waals surface area contributed by atoms with Gasteiger partial charge in [-0.1, -0.05) is 6.92 Å². The van der Waals surface area contributed by atoms with Gasteiger partial charge in [-0.15, -0.1) is 0 Å². The van der Waals surface area contributed by atoms with E-state index in [1.54, 1.807) is 0 Å². The van der Waals surface area contributed by atoms with Gasteiger partial charge in [0.1, 0.15) is 12.5 Å². The summed E-state index contributed by atoms with van der Waals surface area (Å²) in [7, 11) is 0. The first kappa shape index (κ1) is 4.50. The Morgan fingerprint density at radius 3 is 2.29 bits per heavy atom. The van der Waals surface area contributed by atoms with Gasteiger partial charge in [-0.2, -0.15) is 0 Å². The van der Waals surface area contributed by atoms with Crippen molar-refractivity contribution >= 4 is 0 Å². The second-order valence-corrected chi connectivity index (χ2v) is 1.25. The molecule has 0 spiro atoms. The molecule has 2 heteroatoms. The molecule has 1 aliphatic rings. The Balaban J connectivity index is 2.22. The van der Waals surface area contributed by atoms with Crippen molar-refractivity contribution in [1.29, 1.82) is 0 Å². The standard InChI is InChI=1S/C5H7O2/c1-2-5-6-3-4-7-5/h2-5H,1H3. The van der Waals surface area contributed by atoms with Crippen molar-refractivity contribution < 1.29 is 9.47 Å². The molecule has 0 saturated carbocycles. The molecule has 7 heavy (non-hydrogen) atoms. The summed E-state index contributed by atoms with van der Waals surface area (Å²) >= 11 is 0. The highest BCUT2D eigenvalue weighted by Gasteiger charge is 2.06. The molecule has 2 nitrogen and oxygen atoms in total. The van der Waals surface area contributed by atoms with Gasteiger partial charge >= 0.3 is 0 Å². The van der Waals surface area contributed by atoms with Crippen LogP contribution in [0.5, 0.6) is 0 Å². The second kappa shape index (κ2) is 1.87. The molecule has 0 aromatic heterocycles. The van der Waals surface area contributed by atoms with E-state index in [1.807, 2.05) is 13.3 Å². The van der Waals surface area contributed by atoms with Gasteiger partial charge in [0, 0.05) is 6.42 Å². The SMILES string of the molecule is C[CH]C1OC=CO1. The zero-order valence-corrected chi connectivity index (χ0v) is 4.13. The molecule has 0 bridgehead atoms. The van der Waals surface area contributed by atoms with Crippen LogP contribution >= 0.6 is 0 Å². The van der Waals surface area contributed by atoms with Gasteiger partial charge in [0.2, 0.25) is 6.29 Å². The molecule has 1 aliphatic heterocycles. The van der Waals surface area contributed by atoms with Crippen molar-refractivity contribution in [3.8, 4) is 0 Å². The number of hydrogen-bond donors (Lipinski definition) is 0. The molecular weight excluding hydrogens is 92.1 g/mol. The Labute approximate surface area is 42.7 Å². The Morgan fingerprint density at radius 2 is 2.00 bits per heavy atom. The lowest BCUT2D eigenvalue weighted by Crippen LogP contribution is -2.04. The van der Waals surface area contributed by atoms with Crippen molar-refractivity contribution in [1.82, 2.24) is 0 Å². The summed E-state index contributed by atoms with van der Waals surface area (Å²) in [6.07, 6.45) is 4.76. The van der Waals surface area contributed by atoms with E-state index in [0.29, 0.717) is 0 Å². The third-order valence-corrected chi connectivity index (χ3v) is 0.753. The van der Waals surface area contributed by atoms with E-state index in [0.717, 1.165) is 0 Å². The fraction of sp³-hybridized carbons (Fsp3) is 0.400. The molecule has 0 aromatic rings. The van der Waals surface area contributed by atoms with Gasteiger partial charge < -0.3 is 9.47 Å². The van der Waals surface area contributed by atoms with Gasteiger partial charge in [0.25, 0.3) is 0 Å². The van der Waals surface area contributed by atoms with Crippen LogP contribution in [-0.4, -0.2) is 6.29 Å². The maximum absolute atomic E-state index is 4.84. The zero-order valence-electron chi connectivity index (χ0n) is 4.13. The lowest BCUT2D eigenvalue weighted by atomic mass is 10.5. The van der Waals surface area contributed by atoms with Crippen LogP contribution in [0, 0.1) is 6.42 Å². The van der Waals surface area contributed by atoms with Gasteiger partial charge in [-0.3, -0.25) is 0 Å². The quantitative estimate of drug-likeness (QED) is 0.489. The molecule has 0 saturated heterocycles. The lowest BCUT2D eigenvalue weighted by Gasteiger charge is -2.03. The van der Waals surface area contributed by atoms with E-state index in [2.05, 4.69) is 0 Å². The lowest BCUT2D eigenvalue weighted by molar-refractivity contribution is 0.00599. The van der Waals surface area contributed by atoms with Crippen LogP contribution in [0.2, 0.25) is 0 Å². The zero-order chi connectivity index (χ0) is 5.11. The number of hydrogen-bond acceptors (Lipinski definition) is 2. The van der Waals surface area contributed by atoms with E-state index >= 15 is 0 Å². The highest BCUT2D eigenvalue weighted by molar-refractivity contribution is 4.76. The Bertz CT molecular complexity index is 70.1. The Morgan fingerprint density at radius 1 is 1.43 bits per heavy atom. The Kier molecular flexibility index (Phi) is 1.20. The first-order valence-electron chi connectivity index (χ1n) is 2.19. The molecule has 0 atom stereocenters. The van der Waals surface area contributed by atoms with E-state index in [9.17, 15) is 0 Å². The van der Waals surface area contributed by atoms with Crippen LogP contribution in [0.15, 0.2) is 12.5 Å². The van der Waals surface area contributed by atoms with E-state index < -0.39 is 0 Å². The molecule has 0 aliphatic carbocycles. The fourth-order valence-corrected chi connectivity index (χ4v) is 0.408. The fourth-order valence-electron chi connectivity index (χ4n) is 0.408. The molecule has 1 radical (unpaired) electrons. The molecule has 0 fully saturated rings. The molecule has 1 heterocycles. The number of ether oxygens (including phenoxy) is 2. The monoisotopic (exact) mass is 99.0 g/mol. The molecule has 0 amide bonds. The molecule has 0 unspecified atom stereocenters. The Hall–Kier alpha value is -0.660. The summed E-state index contributed by atoms with van der Waals surface area (Å²) in [5, 5.41) is 0. The van der Waals surface area contributed by atoms with Crippen LogP contribution in [0.25, 0.3) is 0 Å². The summed E-state index contributed by atoms with van der Waals surface area (Å²) in [5.74, 6) is 0. The van der Waals surface area contributed by atoms with Crippen molar-refractivity contribution in [2.24, 2.45) is 0 Å². The predicted molar refractivity (Wildman–Crippen MR) is 25.1 cm³/mol. The summed E-state index contributed by atoms with van der Waals surface area (Å²) in [5.41, 5.74) is 0. The first-order chi connectivity index (χ1) is 3.43. The third kappa shape index (κ3) is 0.856. The minimum Gasteiger partial charge on any atom is -0.459 e. The minimum atomic E-state index is -0.139. The van der Waals surface area contributed by atoms with Gasteiger partial charge in [-0.05, 0) is 0 Å². The normalized spacial score (nSPS) is 19.0.